The number of nitrogens with zero attached hydrogens (tertiary/aromatic N) is 2. The van der Waals surface area contributed by atoms with E-state index in [2.05, 4.69) is 48.2 Å². The first-order valence-electron chi connectivity index (χ1n) is 7.46. The molecule has 1 aromatic carbocycles. The molecule has 2 aromatic rings. The minimum absolute atomic E-state index is 0.475. The van der Waals surface area contributed by atoms with Crippen LogP contribution in [0.25, 0.3) is 0 Å². The number of aryl methyl sites for hydroxylation is 1. The SMILES string of the molecule is CCCNc1cc(Oc2cccc(C(C)C)c2)nc(C)n1. The quantitative estimate of drug-likeness (QED) is 0.847. The van der Waals surface area contributed by atoms with E-state index in [-0.39, 0.29) is 0 Å². The van der Waals surface area contributed by atoms with Crippen molar-refractivity contribution in [3.05, 3.63) is 41.7 Å². The summed E-state index contributed by atoms with van der Waals surface area (Å²) in [6.45, 7) is 9.21. The Hall–Kier alpha value is -2.10. The summed E-state index contributed by atoms with van der Waals surface area (Å²) in [4.78, 5) is 8.69. The van der Waals surface area contributed by atoms with E-state index in [1.807, 2.05) is 25.1 Å². The average Bonchev–Trinajstić information content (AvgIpc) is 2.45. The van der Waals surface area contributed by atoms with Gasteiger partial charge in [0.25, 0.3) is 0 Å². The molecule has 0 bridgehead atoms. The monoisotopic (exact) mass is 285 g/mol. The molecule has 0 saturated carbocycles. The maximum Gasteiger partial charge on any atom is 0.224 e. The van der Waals surface area contributed by atoms with E-state index in [4.69, 9.17) is 4.74 Å². The summed E-state index contributed by atoms with van der Waals surface area (Å²) >= 11 is 0. The Morgan fingerprint density at radius 3 is 2.71 bits per heavy atom. The topological polar surface area (TPSA) is 47.0 Å². The molecule has 0 aliphatic heterocycles. The minimum atomic E-state index is 0.475. The molecule has 2 rings (SSSR count). The third-order valence-corrected chi connectivity index (χ3v) is 3.12. The lowest BCUT2D eigenvalue weighted by Crippen LogP contribution is -2.04. The standard InChI is InChI=1S/C17H23N3O/c1-5-9-18-16-11-17(20-13(4)19-16)21-15-8-6-7-14(10-15)12(2)3/h6-8,10-12H,5,9H2,1-4H3,(H,18,19,20). The average molecular weight is 285 g/mol. The predicted molar refractivity (Wildman–Crippen MR) is 86.2 cm³/mol. The summed E-state index contributed by atoms with van der Waals surface area (Å²) in [5, 5.41) is 3.26. The van der Waals surface area contributed by atoms with Crippen molar-refractivity contribution in [2.24, 2.45) is 0 Å². The van der Waals surface area contributed by atoms with E-state index in [0.717, 1.165) is 24.5 Å². The lowest BCUT2D eigenvalue weighted by molar-refractivity contribution is 0.459. The van der Waals surface area contributed by atoms with Crippen molar-refractivity contribution in [2.75, 3.05) is 11.9 Å². The van der Waals surface area contributed by atoms with Gasteiger partial charge in [0, 0.05) is 12.6 Å². The van der Waals surface area contributed by atoms with E-state index < -0.39 is 0 Å². The highest BCUT2D eigenvalue weighted by Crippen LogP contribution is 2.25. The smallest absolute Gasteiger partial charge is 0.224 e. The van der Waals surface area contributed by atoms with Crippen LogP contribution in [0.2, 0.25) is 0 Å². The Balaban J connectivity index is 2.18. The number of hydrogen-bond donors (Lipinski definition) is 1. The highest BCUT2D eigenvalue weighted by molar-refractivity contribution is 5.40. The van der Waals surface area contributed by atoms with Gasteiger partial charge in [-0.05, 0) is 37.0 Å². The van der Waals surface area contributed by atoms with Crippen LogP contribution in [-0.2, 0) is 0 Å². The van der Waals surface area contributed by atoms with Crippen molar-refractivity contribution in [2.45, 2.75) is 40.0 Å². The molecule has 21 heavy (non-hydrogen) atoms. The molecule has 4 heteroatoms. The van der Waals surface area contributed by atoms with Crippen LogP contribution in [-0.4, -0.2) is 16.5 Å². The Morgan fingerprint density at radius 1 is 1.19 bits per heavy atom. The fourth-order valence-corrected chi connectivity index (χ4v) is 1.99. The molecule has 0 aliphatic rings. The number of ether oxygens (including phenoxy) is 1. The molecule has 112 valence electrons. The number of anilines is 1. The zero-order valence-electron chi connectivity index (χ0n) is 13.2. The molecule has 1 aromatic heterocycles. The zero-order chi connectivity index (χ0) is 15.2. The zero-order valence-corrected chi connectivity index (χ0v) is 13.2. The fourth-order valence-electron chi connectivity index (χ4n) is 1.99. The fraction of sp³-hybridized carbons (Fsp3) is 0.412. The summed E-state index contributed by atoms with van der Waals surface area (Å²) < 4.78 is 5.88. The van der Waals surface area contributed by atoms with Gasteiger partial charge in [-0.3, -0.25) is 0 Å². The lowest BCUT2D eigenvalue weighted by Gasteiger charge is -2.11. The van der Waals surface area contributed by atoms with E-state index in [1.54, 1.807) is 0 Å². The van der Waals surface area contributed by atoms with Crippen LogP contribution in [0.4, 0.5) is 5.82 Å². The summed E-state index contributed by atoms with van der Waals surface area (Å²) in [5.41, 5.74) is 1.25. The molecule has 0 spiro atoms. The Bertz CT molecular complexity index is 596. The number of rotatable bonds is 6. The Morgan fingerprint density at radius 2 is 2.00 bits per heavy atom. The van der Waals surface area contributed by atoms with Crippen molar-refractivity contribution < 1.29 is 4.74 Å². The third kappa shape index (κ3) is 4.45. The molecule has 0 amide bonds. The van der Waals surface area contributed by atoms with Crippen LogP contribution in [0.3, 0.4) is 0 Å². The van der Waals surface area contributed by atoms with Gasteiger partial charge in [-0.25, -0.2) is 4.98 Å². The summed E-state index contributed by atoms with van der Waals surface area (Å²) in [7, 11) is 0. The first-order chi connectivity index (χ1) is 10.1. The molecule has 0 unspecified atom stereocenters. The summed E-state index contributed by atoms with van der Waals surface area (Å²) in [6, 6.07) is 9.96. The van der Waals surface area contributed by atoms with Crippen molar-refractivity contribution in [3.8, 4) is 11.6 Å². The van der Waals surface area contributed by atoms with Gasteiger partial charge in [0.15, 0.2) is 0 Å². The Labute approximate surface area is 126 Å². The van der Waals surface area contributed by atoms with Crippen molar-refractivity contribution >= 4 is 5.82 Å². The van der Waals surface area contributed by atoms with Gasteiger partial charge in [0.05, 0.1) is 0 Å². The second kappa shape index (κ2) is 7.07. The van der Waals surface area contributed by atoms with Gasteiger partial charge >= 0.3 is 0 Å². The van der Waals surface area contributed by atoms with Crippen LogP contribution >= 0.6 is 0 Å². The van der Waals surface area contributed by atoms with Gasteiger partial charge in [0.2, 0.25) is 5.88 Å². The molecule has 0 radical (unpaired) electrons. The van der Waals surface area contributed by atoms with Gasteiger partial charge in [0.1, 0.15) is 17.4 Å². The summed E-state index contributed by atoms with van der Waals surface area (Å²) in [5.74, 6) is 3.36. The molecule has 0 saturated heterocycles. The van der Waals surface area contributed by atoms with Crippen LogP contribution in [0, 0.1) is 6.92 Å². The highest BCUT2D eigenvalue weighted by atomic mass is 16.5. The van der Waals surface area contributed by atoms with Gasteiger partial charge in [-0.2, -0.15) is 4.98 Å². The largest absolute Gasteiger partial charge is 0.439 e. The van der Waals surface area contributed by atoms with Crippen LogP contribution in [0.15, 0.2) is 30.3 Å². The summed E-state index contributed by atoms with van der Waals surface area (Å²) in [6.07, 6.45) is 1.05. The third-order valence-electron chi connectivity index (χ3n) is 3.12. The first-order valence-corrected chi connectivity index (χ1v) is 7.46. The molecule has 0 atom stereocenters. The van der Waals surface area contributed by atoms with Crippen molar-refractivity contribution in [1.82, 2.24) is 9.97 Å². The van der Waals surface area contributed by atoms with Gasteiger partial charge in [-0.15, -0.1) is 0 Å². The van der Waals surface area contributed by atoms with E-state index in [9.17, 15) is 0 Å². The highest BCUT2D eigenvalue weighted by Gasteiger charge is 2.06. The lowest BCUT2D eigenvalue weighted by atomic mass is 10.0. The number of nitrogens with one attached hydrogen (secondary N) is 1. The van der Waals surface area contributed by atoms with Gasteiger partial charge in [-0.1, -0.05) is 32.9 Å². The molecule has 0 aliphatic carbocycles. The van der Waals surface area contributed by atoms with E-state index in [1.165, 1.54) is 5.56 Å². The van der Waals surface area contributed by atoms with E-state index in [0.29, 0.717) is 17.6 Å². The number of benzene rings is 1. The number of aromatic nitrogens is 2. The van der Waals surface area contributed by atoms with Crippen molar-refractivity contribution in [3.63, 3.8) is 0 Å². The van der Waals surface area contributed by atoms with Gasteiger partial charge < -0.3 is 10.1 Å². The maximum atomic E-state index is 5.88. The minimum Gasteiger partial charge on any atom is -0.439 e. The Kier molecular flexibility index (Phi) is 5.14. The maximum absolute atomic E-state index is 5.88. The van der Waals surface area contributed by atoms with Crippen molar-refractivity contribution in [1.29, 1.82) is 0 Å². The second-order valence-corrected chi connectivity index (χ2v) is 5.39. The predicted octanol–water partition coefficient (Wildman–Crippen LogP) is 4.52. The first kappa shape index (κ1) is 15.3. The van der Waals surface area contributed by atoms with Crippen LogP contribution in [0.1, 0.15) is 44.5 Å². The van der Waals surface area contributed by atoms with E-state index >= 15 is 0 Å². The molecule has 0 fully saturated rings. The van der Waals surface area contributed by atoms with Crippen LogP contribution < -0.4 is 10.1 Å². The second-order valence-electron chi connectivity index (χ2n) is 5.39. The number of hydrogen-bond acceptors (Lipinski definition) is 4. The normalized spacial score (nSPS) is 10.7. The van der Waals surface area contributed by atoms with Crippen LogP contribution in [0.5, 0.6) is 11.6 Å². The molecular weight excluding hydrogens is 262 g/mol. The molecule has 1 heterocycles. The molecule has 1 N–H and O–H groups in total. The molecule has 4 nitrogen and oxygen atoms in total. The molecular formula is C17H23N3O.